The summed E-state index contributed by atoms with van der Waals surface area (Å²) in [6.45, 7) is 5.60. The van der Waals surface area contributed by atoms with Crippen LogP contribution in [-0.4, -0.2) is 57.3 Å². The first-order chi connectivity index (χ1) is 12.4. The molecule has 2 saturated heterocycles. The number of sulfonamides is 1. The minimum absolute atomic E-state index is 0.0714. The first kappa shape index (κ1) is 19.0. The Hall–Kier alpha value is -1.80. The van der Waals surface area contributed by atoms with E-state index in [0.29, 0.717) is 24.3 Å². The van der Waals surface area contributed by atoms with Crippen molar-refractivity contribution >= 4 is 27.4 Å². The number of carbonyl (C=O) groups excluding carboxylic acids is 1. The van der Waals surface area contributed by atoms with Gasteiger partial charge >= 0.3 is 6.03 Å². The maximum absolute atomic E-state index is 12.2. The van der Waals surface area contributed by atoms with Crippen molar-refractivity contribution in [2.45, 2.75) is 38.6 Å². The predicted molar refractivity (Wildman–Crippen MR) is 104 cm³/mol. The fourth-order valence-electron chi connectivity index (χ4n) is 3.61. The Bertz CT molecular complexity index is 714. The topological polar surface area (TPSA) is 81.8 Å². The molecule has 1 aromatic carbocycles. The van der Waals surface area contributed by atoms with E-state index in [1.54, 1.807) is 24.3 Å². The second-order valence-corrected chi connectivity index (χ2v) is 9.16. The third-order valence-corrected chi connectivity index (χ3v) is 6.74. The zero-order valence-corrected chi connectivity index (χ0v) is 16.1. The number of nitrogens with zero attached hydrogens (tertiary/aromatic N) is 2. The molecule has 7 nitrogen and oxygen atoms in total. The number of urea groups is 1. The summed E-state index contributed by atoms with van der Waals surface area (Å²) >= 11 is 0. The van der Waals surface area contributed by atoms with Gasteiger partial charge in [-0.25, -0.2) is 13.2 Å². The number of rotatable bonds is 5. The highest BCUT2D eigenvalue weighted by Crippen LogP contribution is 2.25. The minimum Gasteiger partial charge on any atom is -0.334 e. The van der Waals surface area contributed by atoms with Crippen LogP contribution < -0.4 is 14.9 Å². The Kier molecular flexibility index (Phi) is 6.03. The largest absolute Gasteiger partial charge is 0.334 e. The number of hydrogen-bond acceptors (Lipinski definition) is 4. The summed E-state index contributed by atoms with van der Waals surface area (Å²) in [5.74, 6) is 0.199. The molecular formula is C18H28N4O3S. The highest BCUT2D eigenvalue weighted by atomic mass is 32.2. The van der Waals surface area contributed by atoms with Gasteiger partial charge in [0.15, 0.2) is 0 Å². The van der Waals surface area contributed by atoms with Crippen LogP contribution >= 0.6 is 0 Å². The molecule has 2 heterocycles. The van der Waals surface area contributed by atoms with Crippen molar-refractivity contribution in [3.05, 3.63) is 24.3 Å². The maximum Gasteiger partial charge on any atom is 0.319 e. The highest BCUT2D eigenvalue weighted by Gasteiger charge is 2.28. The van der Waals surface area contributed by atoms with E-state index in [0.717, 1.165) is 19.6 Å². The lowest BCUT2D eigenvalue weighted by molar-refractivity contribution is 0.206. The average molecular weight is 381 g/mol. The van der Waals surface area contributed by atoms with Crippen molar-refractivity contribution in [1.29, 1.82) is 0 Å². The van der Waals surface area contributed by atoms with Gasteiger partial charge in [0.1, 0.15) is 0 Å². The van der Waals surface area contributed by atoms with Gasteiger partial charge in [0.2, 0.25) is 10.0 Å². The summed E-state index contributed by atoms with van der Waals surface area (Å²) in [4.78, 5) is 14.6. The molecule has 8 heteroatoms. The summed E-state index contributed by atoms with van der Waals surface area (Å²) in [7, 11) is -3.18. The predicted octanol–water partition coefficient (Wildman–Crippen LogP) is 2.22. The van der Waals surface area contributed by atoms with Gasteiger partial charge < -0.3 is 15.5 Å². The van der Waals surface area contributed by atoms with Crippen molar-refractivity contribution in [2.24, 2.45) is 0 Å². The fraction of sp³-hybridized carbons (Fsp3) is 0.611. The summed E-state index contributed by atoms with van der Waals surface area (Å²) in [5.41, 5.74) is 1.29. The van der Waals surface area contributed by atoms with Gasteiger partial charge in [0, 0.05) is 24.8 Å². The second-order valence-electron chi connectivity index (χ2n) is 7.15. The molecule has 2 fully saturated rings. The van der Waals surface area contributed by atoms with Crippen molar-refractivity contribution in [3.8, 4) is 0 Å². The number of piperidine rings is 1. The third-order valence-electron chi connectivity index (χ3n) is 4.87. The van der Waals surface area contributed by atoms with Gasteiger partial charge in [-0.05, 0) is 63.5 Å². The van der Waals surface area contributed by atoms with E-state index in [-0.39, 0.29) is 17.8 Å². The van der Waals surface area contributed by atoms with Gasteiger partial charge in [-0.15, -0.1) is 0 Å². The van der Waals surface area contributed by atoms with Gasteiger partial charge in [-0.1, -0.05) is 6.42 Å². The molecule has 0 saturated carbocycles. The minimum atomic E-state index is -3.18. The monoisotopic (exact) mass is 380 g/mol. The van der Waals surface area contributed by atoms with Crippen LogP contribution in [0.15, 0.2) is 24.3 Å². The van der Waals surface area contributed by atoms with Crippen LogP contribution in [0.3, 0.4) is 0 Å². The number of carbonyl (C=O) groups is 1. The van der Waals surface area contributed by atoms with Crippen LogP contribution in [0.1, 0.15) is 32.6 Å². The summed E-state index contributed by atoms with van der Waals surface area (Å²) < 4.78 is 25.3. The molecule has 0 aliphatic carbocycles. The molecule has 2 N–H and O–H groups in total. The van der Waals surface area contributed by atoms with Crippen LogP contribution in [0.5, 0.6) is 0 Å². The molecule has 0 unspecified atom stereocenters. The molecule has 2 aliphatic heterocycles. The summed E-state index contributed by atoms with van der Waals surface area (Å²) in [6, 6.07) is 6.76. The van der Waals surface area contributed by atoms with Crippen molar-refractivity contribution < 1.29 is 13.2 Å². The maximum atomic E-state index is 12.2. The summed E-state index contributed by atoms with van der Waals surface area (Å²) in [6.07, 6.45) is 4.42. The summed E-state index contributed by atoms with van der Waals surface area (Å²) in [5, 5.41) is 5.77. The van der Waals surface area contributed by atoms with Gasteiger partial charge in [-0.2, -0.15) is 0 Å². The smallest absolute Gasteiger partial charge is 0.319 e. The average Bonchev–Trinajstić information content (AvgIpc) is 2.95. The number of likely N-dealkylation sites (tertiary alicyclic amines) is 1. The van der Waals surface area contributed by atoms with Crippen LogP contribution in [0.25, 0.3) is 0 Å². The van der Waals surface area contributed by atoms with E-state index in [4.69, 9.17) is 0 Å². The molecule has 144 valence electrons. The van der Waals surface area contributed by atoms with Crippen LogP contribution in [0.2, 0.25) is 0 Å². The molecule has 0 bridgehead atoms. The zero-order chi connectivity index (χ0) is 18.6. The molecule has 3 rings (SSSR count). The third kappa shape index (κ3) is 4.88. The standard InChI is InChI=1S/C18H28N4O3S/c1-15(14-21-10-3-2-4-11-21)19-18(23)20-16-6-8-17(9-7-16)22-12-5-13-26(22,24)25/h6-9,15H,2-5,10-14H2,1H3,(H2,19,20,23)/t15-/m0/s1. The quantitative estimate of drug-likeness (QED) is 0.821. The van der Waals surface area contributed by atoms with Crippen LogP contribution in [0, 0.1) is 0 Å². The lowest BCUT2D eigenvalue weighted by Gasteiger charge is -2.29. The molecule has 2 amide bonds. The normalized spacial score (nSPS) is 21.3. The Morgan fingerprint density at radius 3 is 2.38 bits per heavy atom. The van der Waals surface area contributed by atoms with Crippen molar-refractivity contribution in [1.82, 2.24) is 10.2 Å². The number of amides is 2. The SMILES string of the molecule is C[C@@H](CN1CCCCC1)NC(=O)Nc1ccc(N2CCCS2(=O)=O)cc1. The van der Waals surface area contributed by atoms with E-state index >= 15 is 0 Å². The van der Waals surface area contributed by atoms with Gasteiger partial charge in [-0.3, -0.25) is 4.31 Å². The first-order valence-corrected chi connectivity index (χ1v) is 11.0. The van der Waals surface area contributed by atoms with Gasteiger partial charge in [0.25, 0.3) is 0 Å². The zero-order valence-electron chi connectivity index (χ0n) is 15.3. The molecule has 1 atom stereocenters. The Labute approximate surface area is 155 Å². The molecule has 26 heavy (non-hydrogen) atoms. The number of anilines is 2. The fourth-order valence-corrected chi connectivity index (χ4v) is 5.17. The van der Waals surface area contributed by atoms with E-state index < -0.39 is 10.0 Å². The first-order valence-electron chi connectivity index (χ1n) is 9.34. The second kappa shape index (κ2) is 8.26. The molecule has 2 aliphatic rings. The van der Waals surface area contributed by atoms with Gasteiger partial charge in [0.05, 0.1) is 11.4 Å². The lowest BCUT2D eigenvalue weighted by atomic mass is 10.1. The molecule has 0 aromatic heterocycles. The highest BCUT2D eigenvalue weighted by molar-refractivity contribution is 7.93. The Morgan fingerprint density at radius 2 is 1.77 bits per heavy atom. The molecule has 0 spiro atoms. The molecule has 1 aromatic rings. The lowest BCUT2D eigenvalue weighted by Crippen LogP contribution is -2.45. The number of nitrogens with one attached hydrogen (secondary N) is 2. The van der Waals surface area contributed by atoms with Crippen LogP contribution in [0.4, 0.5) is 16.2 Å². The van der Waals surface area contributed by atoms with Crippen LogP contribution in [-0.2, 0) is 10.0 Å². The van der Waals surface area contributed by atoms with E-state index in [9.17, 15) is 13.2 Å². The molecular weight excluding hydrogens is 352 g/mol. The Balaban J connectivity index is 1.49. The molecule has 0 radical (unpaired) electrons. The van der Waals surface area contributed by atoms with E-state index in [2.05, 4.69) is 15.5 Å². The number of hydrogen-bond donors (Lipinski definition) is 2. The Morgan fingerprint density at radius 1 is 1.08 bits per heavy atom. The van der Waals surface area contributed by atoms with Crippen molar-refractivity contribution in [2.75, 3.05) is 41.6 Å². The van der Waals surface area contributed by atoms with Crippen molar-refractivity contribution in [3.63, 3.8) is 0 Å². The van der Waals surface area contributed by atoms with E-state index in [1.807, 2.05) is 6.92 Å². The van der Waals surface area contributed by atoms with E-state index in [1.165, 1.54) is 23.6 Å². The number of benzene rings is 1.